The van der Waals surface area contributed by atoms with Crippen LogP contribution in [0.25, 0.3) is 0 Å². The number of hydrogen-bond acceptors (Lipinski definition) is 3. The lowest BCUT2D eigenvalue weighted by Crippen LogP contribution is -2.42. The third kappa shape index (κ3) is 3.64. The summed E-state index contributed by atoms with van der Waals surface area (Å²) in [6.07, 6.45) is 3.56. The summed E-state index contributed by atoms with van der Waals surface area (Å²) in [7, 11) is 0. The molecule has 0 unspecified atom stereocenters. The molecule has 1 saturated carbocycles. The summed E-state index contributed by atoms with van der Waals surface area (Å²) in [5, 5.41) is 13.7. The third-order valence-electron chi connectivity index (χ3n) is 4.23. The standard InChI is InChI=1S/C15H22BrFN2O/c1-14(2)3-5-15(20,6-4-14)9-19-13-7-10(16)11(17)8-12(13)18/h7-8,19-20H,3-6,9,18H2,1-2H3. The van der Waals surface area contributed by atoms with Gasteiger partial charge in [-0.25, -0.2) is 4.39 Å². The number of benzene rings is 1. The Labute approximate surface area is 127 Å². The Morgan fingerprint density at radius 1 is 1.30 bits per heavy atom. The van der Waals surface area contributed by atoms with Crippen LogP contribution in [0.15, 0.2) is 16.6 Å². The molecule has 20 heavy (non-hydrogen) atoms. The summed E-state index contributed by atoms with van der Waals surface area (Å²) in [6.45, 7) is 4.90. The second-order valence-electron chi connectivity index (χ2n) is 6.60. The summed E-state index contributed by atoms with van der Waals surface area (Å²) in [6, 6.07) is 2.89. The van der Waals surface area contributed by atoms with Crippen LogP contribution in [0.4, 0.5) is 15.8 Å². The molecular formula is C15H22BrFN2O. The van der Waals surface area contributed by atoms with E-state index in [9.17, 15) is 9.50 Å². The highest BCUT2D eigenvalue weighted by Gasteiger charge is 2.36. The number of aliphatic hydroxyl groups is 1. The quantitative estimate of drug-likeness (QED) is 0.728. The van der Waals surface area contributed by atoms with Crippen LogP contribution in [-0.4, -0.2) is 17.3 Å². The maximum Gasteiger partial charge on any atom is 0.139 e. The first-order valence-electron chi connectivity index (χ1n) is 6.92. The first kappa shape index (κ1) is 15.6. The van der Waals surface area contributed by atoms with Gasteiger partial charge in [0.1, 0.15) is 5.82 Å². The normalized spacial score (nSPS) is 20.6. The Morgan fingerprint density at radius 3 is 2.50 bits per heavy atom. The molecule has 0 aromatic heterocycles. The van der Waals surface area contributed by atoms with E-state index in [0.717, 1.165) is 25.7 Å². The Kier molecular flexibility index (Phi) is 4.30. The lowest BCUT2D eigenvalue weighted by molar-refractivity contribution is -0.0145. The molecule has 1 aliphatic carbocycles. The van der Waals surface area contributed by atoms with Gasteiger partial charge >= 0.3 is 0 Å². The van der Waals surface area contributed by atoms with Crippen molar-refractivity contribution >= 4 is 27.3 Å². The average molecular weight is 345 g/mol. The van der Waals surface area contributed by atoms with Gasteiger partial charge in [0.15, 0.2) is 0 Å². The number of anilines is 2. The van der Waals surface area contributed by atoms with Crippen LogP contribution in [0.2, 0.25) is 0 Å². The van der Waals surface area contributed by atoms with Crippen LogP contribution in [0.1, 0.15) is 39.5 Å². The summed E-state index contributed by atoms with van der Waals surface area (Å²) in [4.78, 5) is 0. The van der Waals surface area contributed by atoms with Crippen LogP contribution in [0.5, 0.6) is 0 Å². The van der Waals surface area contributed by atoms with Gasteiger partial charge in [0.25, 0.3) is 0 Å². The molecule has 0 saturated heterocycles. The summed E-state index contributed by atoms with van der Waals surface area (Å²) < 4.78 is 13.7. The molecule has 2 rings (SSSR count). The number of nitrogens with two attached hydrogens (primary N) is 1. The lowest BCUT2D eigenvalue weighted by atomic mass is 9.71. The van der Waals surface area contributed by atoms with Crippen molar-refractivity contribution < 1.29 is 9.50 Å². The van der Waals surface area contributed by atoms with E-state index < -0.39 is 5.60 Å². The van der Waals surface area contributed by atoms with Gasteiger partial charge in [-0.15, -0.1) is 0 Å². The molecule has 0 amide bonds. The maximum atomic E-state index is 13.3. The molecule has 0 bridgehead atoms. The smallest absolute Gasteiger partial charge is 0.139 e. The minimum absolute atomic E-state index is 0.310. The van der Waals surface area contributed by atoms with Gasteiger partial charge in [-0.05, 0) is 53.1 Å². The zero-order valence-electron chi connectivity index (χ0n) is 12.0. The second-order valence-corrected chi connectivity index (χ2v) is 7.45. The number of halogens is 2. The van der Waals surface area contributed by atoms with Crippen LogP contribution in [0, 0.1) is 11.2 Å². The summed E-state index contributed by atoms with van der Waals surface area (Å²) in [5.74, 6) is -0.383. The fraction of sp³-hybridized carbons (Fsp3) is 0.600. The minimum atomic E-state index is -0.706. The van der Waals surface area contributed by atoms with Crippen LogP contribution in [-0.2, 0) is 0 Å². The molecule has 1 fully saturated rings. The van der Waals surface area contributed by atoms with Gasteiger partial charge < -0.3 is 16.2 Å². The first-order valence-corrected chi connectivity index (χ1v) is 7.71. The van der Waals surface area contributed by atoms with Crippen molar-refractivity contribution in [3.63, 3.8) is 0 Å². The molecule has 112 valence electrons. The molecule has 0 radical (unpaired) electrons. The monoisotopic (exact) mass is 344 g/mol. The van der Waals surface area contributed by atoms with Gasteiger partial charge in [-0.2, -0.15) is 0 Å². The lowest BCUT2D eigenvalue weighted by Gasteiger charge is -2.40. The highest BCUT2D eigenvalue weighted by molar-refractivity contribution is 9.10. The minimum Gasteiger partial charge on any atom is -0.397 e. The van der Waals surface area contributed by atoms with Crippen molar-refractivity contribution in [1.29, 1.82) is 0 Å². The Bertz CT molecular complexity index is 495. The van der Waals surface area contributed by atoms with Crippen molar-refractivity contribution in [3.8, 4) is 0 Å². The van der Waals surface area contributed by atoms with Crippen molar-refractivity contribution in [2.75, 3.05) is 17.6 Å². The predicted octanol–water partition coefficient (Wildman–Crippen LogP) is 3.91. The molecule has 5 heteroatoms. The van der Waals surface area contributed by atoms with E-state index in [0.29, 0.717) is 27.8 Å². The van der Waals surface area contributed by atoms with Crippen molar-refractivity contribution in [2.24, 2.45) is 5.41 Å². The molecule has 0 aliphatic heterocycles. The molecule has 0 spiro atoms. The molecule has 3 nitrogen and oxygen atoms in total. The number of nitrogens with one attached hydrogen (secondary N) is 1. The average Bonchev–Trinajstić information content (AvgIpc) is 2.37. The van der Waals surface area contributed by atoms with E-state index in [1.807, 2.05) is 0 Å². The SMILES string of the molecule is CC1(C)CCC(O)(CNc2cc(Br)c(F)cc2N)CC1. The highest BCUT2D eigenvalue weighted by atomic mass is 79.9. The Balaban J connectivity index is 2.00. The second kappa shape index (κ2) is 5.53. The number of rotatable bonds is 3. The highest BCUT2D eigenvalue weighted by Crippen LogP contribution is 2.40. The van der Waals surface area contributed by atoms with Gasteiger partial charge in [-0.3, -0.25) is 0 Å². The third-order valence-corrected chi connectivity index (χ3v) is 4.84. The van der Waals surface area contributed by atoms with E-state index in [1.54, 1.807) is 6.07 Å². The van der Waals surface area contributed by atoms with E-state index in [2.05, 4.69) is 35.1 Å². The van der Waals surface area contributed by atoms with Crippen molar-refractivity contribution in [3.05, 3.63) is 22.4 Å². The number of hydrogen-bond donors (Lipinski definition) is 3. The van der Waals surface area contributed by atoms with Crippen molar-refractivity contribution in [2.45, 2.75) is 45.1 Å². The topological polar surface area (TPSA) is 58.3 Å². The Morgan fingerprint density at radius 2 is 1.90 bits per heavy atom. The van der Waals surface area contributed by atoms with Gasteiger partial charge in [-0.1, -0.05) is 13.8 Å². The molecule has 4 N–H and O–H groups in total. The van der Waals surface area contributed by atoms with E-state index >= 15 is 0 Å². The first-order chi connectivity index (χ1) is 9.21. The number of nitrogen functional groups attached to an aromatic ring is 1. The van der Waals surface area contributed by atoms with E-state index in [1.165, 1.54) is 6.07 Å². The molecule has 0 atom stereocenters. The van der Waals surface area contributed by atoms with Crippen LogP contribution >= 0.6 is 15.9 Å². The van der Waals surface area contributed by atoms with Gasteiger partial charge in [0, 0.05) is 12.6 Å². The zero-order valence-corrected chi connectivity index (χ0v) is 13.6. The van der Waals surface area contributed by atoms with E-state index in [-0.39, 0.29) is 5.82 Å². The summed E-state index contributed by atoms with van der Waals surface area (Å²) in [5.41, 5.74) is 6.39. The van der Waals surface area contributed by atoms with Gasteiger partial charge in [0.2, 0.25) is 0 Å². The maximum absolute atomic E-state index is 13.3. The molecular weight excluding hydrogens is 323 g/mol. The van der Waals surface area contributed by atoms with Crippen LogP contribution < -0.4 is 11.1 Å². The van der Waals surface area contributed by atoms with E-state index in [4.69, 9.17) is 5.73 Å². The molecule has 1 aromatic carbocycles. The Hall–Kier alpha value is -0.810. The van der Waals surface area contributed by atoms with Crippen molar-refractivity contribution in [1.82, 2.24) is 0 Å². The zero-order chi connectivity index (χ0) is 15.0. The fourth-order valence-corrected chi connectivity index (χ4v) is 2.89. The summed E-state index contributed by atoms with van der Waals surface area (Å²) >= 11 is 3.14. The molecule has 1 aliphatic rings. The largest absolute Gasteiger partial charge is 0.397 e. The molecule has 1 aromatic rings. The fourth-order valence-electron chi connectivity index (χ4n) is 2.54. The van der Waals surface area contributed by atoms with Crippen LogP contribution in [0.3, 0.4) is 0 Å². The predicted molar refractivity (Wildman–Crippen MR) is 84.2 cm³/mol. The van der Waals surface area contributed by atoms with Gasteiger partial charge in [0.05, 0.1) is 21.4 Å². The molecule has 0 heterocycles.